The number of H-pyrrole nitrogens is 1. The van der Waals surface area contributed by atoms with E-state index in [9.17, 15) is 4.79 Å². The van der Waals surface area contributed by atoms with Crippen LogP contribution in [-0.2, 0) is 6.42 Å². The molecule has 1 amide bonds. The molecule has 18 heavy (non-hydrogen) atoms. The summed E-state index contributed by atoms with van der Waals surface area (Å²) in [6, 6.07) is 4.70. The first-order chi connectivity index (χ1) is 8.60. The maximum Gasteiger partial charge on any atom is 0.256 e. The van der Waals surface area contributed by atoms with Gasteiger partial charge < -0.3 is 5.32 Å². The summed E-state index contributed by atoms with van der Waals surface area (Å²) in [6.45, 7) is 1.98. The van der Waals surface area contributed by atoms with Crippen LogP contribution in [0.5, 0.6) is 0 Å². The summed E-state index contributed by atoms with van der Waals surface area (Å²) in [7, 11) is 0. The Kier molecular flexibility index (Phi) is 3.89. The molecule has 0 radical (unpaired) electrons. The third-order valence-electron chi connectivity index (χ3n) is 2.46. The van der Waals surface area contributed by atoms with E-state index in [0.717, 1.165) is 12.0 Å². The molecule has 0 aliphatic heterocycles. The van der Waals surface area contributed by atoms with Gasteiger partial charge in [-0.1, -0.05) is 30.1 Å². The van der Waals surface area contributed by atoms with E-state index in [4.69, 9.17) is 23.2 Å². The Balaban J connectivity index is 2.22. The van der Waals surface area contributed by atoms with Gasteiger partial charge in [-0.15, -0.1) is 0 Å². The number of halogens is 2. The van der Waals surface area contributed by atoms with Gasteiger partial charge in [0.25, 0.3) is 5.91 Å². The van der Waals surface area contributed by atoms with Crippen LogP contribution in [0.2, 0.25) is 10.0 Å². The van der Waals surface area contributed by atoms with Gasteiger partial charge >= 0.3 is 0 Å². The second-order valence-electron chi connectivity index (χ2n) is 3.74. The van der Waals surface area contributed by atoms with E-state index >= 15 is 0 Å². The van der Waals surface area contributed by atoms with Crippen LogP contribution in [0.4, 0.5) is 5.82 Å². The molecule has 0 aliphatic rings. The summed E-state index contributed by atoms with van der Waals surface area (Å²) in [6.07, 6.45) is 2.46. The number of aryl methyl sites for hydroxylation is 1. The van der Waals surface area contributed by atoms with Gasteiger partial charge in [-0.25, -0.2) is 0 Å². The normalized spacial score (nSPS) is 10.4. The van der Waals surface area contributed by atoms with Crippen LogP contribution in [0.3, 0.4) is 0 Å². The van der Waals surface area contributed by atoms with Crippen molar-refractivity contribution in [3.8, 4) is 0 Å². The number of nitrogens with zero attached hydrogens (tertiary/aromatic N) is 1. The largest absolute Gasteiger partial charge is 0.307 e. The fourth-order valence-corrected chi connectivity index (χ4v) is 2.08. The van der Waals surface area contributed by atoms with Crippen molar-refractivity contribution in [2.24, 2.45) is 0 Å². The quantitative estimate of drug-likeness (QED) is 0.905. The van der Waals surface area contributed by atoms with Crippen molar-refractivity contribution in [2.75, 3.05) is 5.32 Å². The molecule has 1 aromatic heterocycles. The predicted octanol–water partition coefficient (Wildman–Crippen LogP) is 3.53. The van der Waals surface area contributed by atoms with Crippen molar-refractivity contribution in [3.05, 3.63) is 45.6 Å². The second kappa shape index (κ2) is 5.42. The Morgan fingerprint density at radius 1 is 1.33 bits per heavy atom. The summed E-state index contributed by atoms with van der Waals surface area (Å²) in [4.78, 5) is 12.0. The smallest absolute Gasteiger partial charge is 0.256 e. The number of amides is 1. The van der Waals surface area contributed by atoms with Gasteiger partial charge in [0.05, 0.1) is 6.20 Å². The predicted molar refractivity (Wildman–Crippen MR) is 72.4 cm³/mol. The molecule has 94 valence electrons. The van der Waals surface area contributed by atoms with E-state index in [-0.39, 0.29) is 5.91 Å². The summed E-state index contributed by atoms with van der Waals surface area (Å²) < 4.78 is 0. The van der Waals surface area contributed by atoms with Gasteiger partial charge in [0.2, 0.25) is 0 Å². The first-order valence-electron chi connectivity index (χ1n) is 5.40. The standard InChI is InChI=1S/C12H11Cl2N3O/c1-2-7-6-15-17-11(7)16-12(18)8-3-9(13)5-10(14)4-8/h3-6H,2H2,1H3,(H2,15,16,17,18). The van der Waals surface area contributed by atoms with Crippen molar-refractivity contribution in [1.82, 2.24) is 10.2 Å². The topological polar surface area (TPSA) is 57.8 Å². The molecule has 2 N–H and O–H groups in total. The van der Waals surface area contributed by atoms with Gasteiger partial charge in [-0.05, 0) is 24.6 Å². The number of hydrogen-bond acceptors (Lipinski definition) is 2. The molecule has 0 spiro atoms. The van der Waals surface area contributed by atoms with E-state index < -0.39 is 0 Å². The highest BCUT2D eigenvalue weighted by atomic mass is 35.5. The van der Waals surface area contributed by atoms with Crippen LogP contribution in [-0.4, -0.2) is 16.1 Å². The molecule has 0 saturated carbocycles. The van der Waals surface area contributed by atoms with Crippen molar-refractivity contribution < 1.29 is 4.79 Å². The van der Waals surface area contributed by atoms with E-state index in [2.05, 4.69) is 15.5 Å². The van der Waals surface area contributed by atoms with Gasteiger partial charge in [0.15, 0.2) is 0 Å². The Morgan fingerprint density at radius 3 is 2.61 bits per heavy atom. The number of rotatable bonds is 3. The van der Waals surface area contributed by atoms with Crippen molar-refractivity contribution in [2.45, 2.75) is 13.3 Å². The highest BCUT2D eigenvalue weighted by molar-refractivity contribution is 6.35. The van der Waals surface area contributed by atoms with E-state index in [1.54, 1.807) is 24.4 Å². The average Bonchev–Trinajstić information content (AvgIpc) is 2.75. The number of aromatic nitrogens is 2. The summed E-state index contributed by atoms with van der Waals surface area (Å²) in [5, 5.41) is 10.2. The second-order valence-corrected chi connectivity index (χ2v) is 4.61. The lowest BCUT2D eigenvalue weighted by atomic mass is 10.2. The first kappa shape index (κ1) is 12.9. The lowest BCUT2D eigenvalue weighted by molar-refractivity contribution is 0.102. The maximum atomic E-state index is 12.0. The van der Waals surface area contributed by atoms with Gasteiger partial charge in [0.1, 0.15) is 5.82 Å². The number of aromatic amines is 1. The Bertz CT molecular complexity index is 560. The molecule has 6 heteroatoms. The fraction of sp³-hybridized carbons (Fsp3) is 0.167. The van der Waals surface area contributed by atoms with Crippen molar-refractivity contribution in [3.63, 3.8) is 0 Å². The third-order valence-corrected chi connectivity index (χ3v) is 2.90. The minimum atomic E-state index is -0.279. The van der Waals surface area contributed by atoms with Crippen LogP contribution < -0.4 is 5.32 Å². The molecule has 0 unspecified atom stereocenters. The van der Waals surface area contributed by atoms with Gasteiger partial charge in [-0.3, -0.25) is 9.89 Å². The van der Waals surface area contributed by atoms with E-state index in [0.29, 0.717) is 21.4 Å². The Labute approximate surface area is 114 Å². The average molecular weight is 284 g/mol. The van der Waals surface area contributed by atoms with Crippen LogP contribution >= 0.6 is 23.2 Å². The monoisotopic (exact) mass is 283 g/mol. The maximum absolute atomic E-state index is 12.0. The summed E-state index contributed by atoms with van der Waals surface area (Å²) >= 11 is 11.7. The highest BCUT2D eigenvalue weighted by Crippen LogP contribution is 2.20. The molecule has 4 nitrogen and oxygen atoms in total. The Morgan fingerprint density at radius 2 is 2.00 bits per heavy atom. The van der Waals surface area contributed by atoms with Gasteiger partial charge in [-0.2, -0.15) is 5.10 Å². The molecule has 0 aliphatic carbocycles. The number of nitrogens with one attached hydrogen (secondary N) is 2. The van der Waals surface area contributed by atoms with Crippen LogP contribution in [0.1, 0.15) is 22.8 Å². The van der Waals surface area contributed by atoms with Crippen molar-refractivity contribution in [1.29, 1.82) is 0 Å². The van der Waals surface area contributed by atoms with Crippen LogP contribution in [0.15, 0.2) is 24.4 Å². The molecule has 0 atom stereocenters. The molecule has 1 heterocycles. The molecule has 0 saturated heterocycles. The highest BCUT2D eigenvalue weighted by Gasteiger charge is 2.11. The number of carbonyl (C=O) groups is 1. The zero-order chi connectivity index (χ0) is 13.1. The molecule has 0 bridgehead atoms. The minimum absolute atomic E-state index is 0.279. The van der Waals surface area contributed by atoms with E-state index in [1.165, 1.54) is 0 Å². The van der Waals surface area contributed by atoms with Crippen LogP contribution in [0.25, 0.3) is 0 Å². The number of hydrogen-bond donors (Lipinski definition) is 2. The fourth-order valence-electron chi connectivity index (χ4n) is 1.56. The zero-order valence-electron chi connectivity index (χ0n) is 9.63. The number of carbonyl (C=O) groups excluding carboxylic acids is 1. The minimum Gasteiger partial charge on any atom is -0.307 e. The molecule has 1 aromatic carbocycles. The third kappa shape index (κ3) is 2.83. The van der Waals surface area contributed by atoms with Gasteiger partial charge in [0, 0.05) is 21.2 Å². The van der Waals surface area contributed by atoms with Crippen molar-refractivity contribution >= 4 is 34.9 Å². The number of anilines is 1. The first-order valence-corrected chi connectivity index (χ1v) is 6.15. The van der Waals surface area contributed by atoms with E-state index in [1.807, 2.05) is 6.92 Å². The molecule has 2 rings (SSSR count). The summed E-state index contributed by atoms with van der Waals surface area (Å²) in [5.74, 6) is 0.317. The van der Waals surface area contributed by atoms with Crippen LogP contribution in [0, 0.1) is 0 Å². The zero-order valence-corrected chi connectivity index (χ0v) is 11.1. The SMILES string of the molecule is CCc1cn[nH]c1NC(=O)c1cc(Cl)cc(Cl)c1. The molecule has 2 aromatic rings. The molecule has 0 fully saturated rings. The lowest BCUT2D eigenvalue weighted by Crippen LogP contribution is -2.13. The molecular weight excluding hydrogens is 273 g/mol. The molecular formula is C12H11Cl2N3O. The Hall–Kier alpha value is -1.52. The number of benzene rings is 1. The lowest BCUT2D eigenvalue weighted by Gasteiger charge is -2.05. The summed E-state index contributed by atoms with van der Waals surface area (Å²) in [5.41, 5.74) is 1.35.